The lowest BCUT2D eigenvalue weighted by Crippen LogP contribution is -2.55. The van der Waals surface area contributed by atoms with E-state index in [-0.39, 0.29) is 19.4 Å². The average Bonchev–Trinajstić information content (AvgIpc) is 3.34. The number of urea groups is 1. The number of ether oxygens (including phenoxy) is 1. The Morgan fingerprint density at radius 2 is 2.11 bits per heavy atom. The Balaban J connectivity index is 1.57. The Hall–Kier alpha value is -3.44. The Labute approximate surface area is 217 Å². The van der Waals surface area contributed by atoms with E-state index in [1.165, 1.54) is 12.0 Å². The second-order valence-corrected chi connectivity index (χ2v) is 9.56. The molecule has 3 atom stereocenters. The third-order valence-electron chi connectivity index (χ3n) is 7.05. The highest BCUT2D eigenvalue weighted by atomic mass is 19.4. The summed E-state index contributed by atoms with van der Waals surface area (Å²) in [5, 5.41) is 2.03. The third kappa shape index (κ3) is 5.83. The number of amides is 2. The molecule has 0 spiro atoms. The molecule has 1 fully saturated rings. The number of nitrogens with one attached hydrogen (secondary N) is 1. The molecule has 2 amide bonds. The standard InChI is InChI=1S/C26H30F5N5O2/c1-4-36(24(37)34-21(26(29,30)31)19-9-6-10-25(27,28)14-19)16(2)17-7-5-8-18(13-17)20-15-35-12-11-32-22(35)23(33-20)38-3/h5,7-8,11-13,15-16,19,21H,4,6,9-10,14H2,1-3H3,(H,34,37)/t16-,19?,21+/m1/s1. The van der Waals surface area contributed by atoms with Gasteiger partial charge in [0.05, 0.1) is 18.8 Å². The van der Waals surface area contributed by atoms with Crippen molar-refractivity contribution in [2.45, 2.75) is 63.7 Å². The highest BCUT2D eigenvalue weighted by Crippen LogP contribution is 2.42. The lowest BCUT2D eigenvalue weighted by molar-refractivity contribution is -0.177. The highest BCUT2D eigenvalue weighted by molar-refractivity contribution is 5.75. The molecule has 1 aliphatic carbocycles. The third-order valence-corrected chi connectivity index (χ3v) is 7.05. The zero-order chi connectivity index (χ0) is 27.7. The van der Waals surface area contributed by atoms with Gasteiger partial charge in [-0.2, -0.15) is 13.2 Å². The van der Waals surface area contributed by atoms with Crippen LogP contribution in [0.2, 0.25) is 0 Å². The van der Waals surface area contributed by atoms with E-state index in [2.05, 4.69) is 9.97 Å². The van der Waals surface area contributed by atoms with Crippen LogP contribution in [0.1, 0.15) is 51.1 Å². The molecule has 0 bridgehead atoms. The van der Waals surface area contributed by atoms with Crippen LogP contribution in [-0.4, -0.2) is 57.1 Å². The van der Waals surface area contributed by atoms with Crippen molar-refractivity contribution in [3.05, 3.63) is 48.4 Å². The molecule has 1 saturated carbocycles. The molecule has 1 aliphatic rings. The van der Waals surface area contributed by atoms with Gasteiger partial charge in [-0.15, -0.1) is 0 Å². The molecule has 3 aromatic rings. The van der Waals surface area contributed by atoms with Crippen molar-refractivity contribution in [3.8, 4) is 17.1 Å². The normalized spacial score (nSPS) is 19.1. The fourth-order valence-electron chi connectivity index (χ4n) is 5.09. The number of rotatable bonds is 7. The van der Waals surface area contributed by atoms with Crippen LogP contribution in [-0.2, 0) is 0 Å². The van der Waals surface area contributed by atoms with E-state index in [0.29, 0.717) is 28.3 Å². The van der Waals surface area contributed by atoms with Crippen molar-refractivity contribution < 1.29 is 31.5 Å². The second kappa shape index (κ2) is 10.7. The average molecular weight is 540 g/mol. The summed E-state index contributed by atoms with van der Waals surface area (Å²) in [4.78, 5) is 23.1. The first kappa shape index (κ1) is 27.6. The highest BCUT2D eigenvalue weighted by Gasteiger charge is 2.50. The van der Waals surface area contributed by atoms with Gasteiger partial charge in [-0.1, -0.05) is 18.2 Å². The van der Waals surface area contributed by atoms with Gasteiger partial charge < -0.3 is 19.4 Å². The van der Waals surface area contributed by atoms with Crippen molar-refractivity contribution in [2.24, 2.45) is 5.92 Å². The number of alkyl halides is 5. The zero-order valence-electron chi connectivity index (χ0n) is 21.3. The number of carbonyl (C=O) groups excluding carboxylic acids is 1. The van der Waals surface area contributed by atoms with Gasteiger partial charge in [0.2, 0.25) is 5.92 Å². The van der Waals surface area contributed by atoms with Crippen LogP contribution in [0.5, 0.6) is 5.88 Å². The Morgan fingerprint density at radius 3 is 2.76 bits per heavy atom. The Bertz CT molecular complexity index is 1280. The van der Waals surface area contributed by atoms with Crippen LogP contribution in [0.25, 0.3) is 16.9 Å². The number of hydrogen-bond donors (Lipinski definition) is 1. The van der Waals surface area contributed by atoms with E-state index in [0.717, 1.165) is 0 Å². The van der Waals surface area contributed by atoms with Crippen LogP contribution in [0, 0.1) is 5.92 Å². The summed E-state index contributed by atoms with van der Waals surface area (Å²) in [6.45, 7) is 3.46. The first-order chi connectivity index (χ1) is 17.9. The van der Waals surface area contributed by atoms with E-state index in [1.807, 2.05) is 11.4 Å². The maximum Gasteiger partial charge on any atom is 0.408 e. The first-order valence-electron chi connectivity index (χ1n) is 12.4. The number of carbonyl (C=O) groups is 1. The number of fused-ring (bicyclic) bond motifs is 1. The molecule has 1 aromatic carbocycles. The molecule has 2 aromatic heterocycles. The zero-order valence-corrected chi connectivity index (χ0v) is 21.3. The largest absolute Gasteiger partial charge is 0.478 e. The molecule has 7 nitrogen and oxygen atoms in total. The number of halogens is 5. The van der Waals surface area contributed by atoms with Crippen LogP contribution in [0.3, 0.4) is 0 Å². The quantitative estimate of drug-likeness (QED) is 0.360. The van der Waals surface area contributed by atoms with E-state index in [1.54, 1.807) is 55.0 Å². The molecular weight excluding hydrogens is 509 g/mol. The van der Waals surface area contributed by atoms with Crippen LogP contribution < -0.4 is 10.1 Å². The summed E-state index contributed by atoms with van der Waals surface area (Å²) >= 11 is 0. The molecule has 38 heavy (non-hydrogen) atoms. The van der Waals surface area contributed by atoms with Gasteiger partial charge in [0.15, 0.2) is 5.65 Å². The SMILES string of the molecule is CCN(C(=O)N[C@@H](C1CCCC(F)(F)C1)C(F)(F)F)[C@H](C)c1cccc(-c2cn3ccnc3c(OC)n2)c1. The van der Waals surface area contributed by atoms with Crippen molar-refractivity contribution in [1.82, 2.24) is 24.6 Å². The van der Waals surface area contributed by atoms with Crippen molar-refractivity contribution in [1.29, 1.82) is 0 Å². The van der Waals surface area contributed by atoms with E-state index in [4.69, 9.17) is 4.74 Å². The molecule has 0 saturated heterocycles. The van der Waals surface area contributed by atoms with Gasteiger partial charge in [-0.05, 0) is 44.2 Å². The maximum atomic E-state index is 13.9. The monoisotopic (exact) mass is 539 g/mol. The van der Waals surface area contributed by atoms with Gasteiger partial charge in [0.25, 0.3) is 5.88 Å². The summed E-state index contributed by atoms with van der Waals surface area (Å²) in [6.07, 6.45) is -1.12. The van der Waals surface area contributed by atoms with Gasteiger partial charge in [-0.25, -0.2) is 23.5 Å². The molecule has 2 heterocycles. The molecule has 1 N–H and O–H groups in total. The molecule has 12 heteroatoms. The molecule has 4 rings (SSSR count). The van der Waals surface area contributed by atoms with Gasteiger partial charge in [-0.3, -0.25) is 0 Å². The molecular formula is C26H30F5N5O2. The van der Waals surface area contributed by atoms with E-state index in [9.17, 15) is 26.7 Å². The fraction of sp³-hybridized carbons (Fsp3) is 0.500. The molecule has 206 valence electrons. The molecule has 1 unspecified atom stereocenters. The summed E-state index contributed by atoms with van der Waals surface area (Å²) < 4.78 is 76.6. The smallest absolute Gasteiger partial charge is 0.408 e. The van der Waals surface area contributed by atoms with Gasteiger partial charge >= 0.3 is 12.2 Å². The number of hydrogen-bond acceptors (Lipinski definition) is 4. The first-order valence-corrected chi connectivity index (χ1v) is 12.4. The summed E-state index contributed by atoms with van der Waals surface area (Å²) in [5.74, 6) is -4.24. The number of methoxy groups -OCH3 is 1. The second-order valence-electron chi connectivity index (χ2n) is 9.56. The van der Waals surface area contributed by atoms with E-state index >= 15 is 0 Å². The summed E-state index contributed by atoms with van der Waals surface area (Å²) in [7, 11) is 1.49. The number of benzene rings is 1. The molecule has 0 radical (unpaired) electrons. The molecule has 0 aliphatic heterocycles. The van der Waals surface area contributed by atoms with Crippen LogP contribution >= 0.6 is 0 Å². The van der Waals surface area contributed by atoms with Crippen LogP contribution in [0.15, 0.2) is 42.9 Å². The summed E-state index contributed by atoms with van der Waals surface area (Å²) in [6, 6.07) is 3.23. The predicted molar refractivity (Wildman–Crippen MR) is 131 cm³/mol. The topological polar surface area (TPSA) is 71.8 Å². The minimum atomic E-state index is -4.85. The Morgan fingerprint density at radius 1 is 1.34 bits per heavy atom. The van der Waals surface area contributed by atoms with E-state index < -0.39 is 49.0 Å². The van der Waals surface area contributed by atoms with Crippen LogP contribution in [0.4, 0.5) is 26.7 Å². The summed E-state index contributed by atoms with van der Waals surface area (Å²) in [5.41, 5.74) is 2.49. The number of aromatic nitrogens is 3. The maximum absolute atomic E-state index is 13.9. The fourth-order valence-corrected chi connectivity index (χ4v) is 5.09. The van der Waals surface area contributed by atoms with Gasteiger partial charge in [0.1, 0.15) is 6.04 Å². The predicted octanol–water partition coefficient (Wildman–Crippen LogP) is 6.25. The lowest BCUT2D eigenvalue weighted by atomic mass is 9.81. The van der Waals surface area contributed by atoms with Gasteiger partial charge in [0, 0.05) is 43.5 Å². The minimum Gasteiger partial charge on any atom is -0.478 e. The number of nitrogens with zero attached hydrogens (tertiary/aromatic N) is 4. The van der Waals surface area contributed by atoms with Crippen molar-refractivity contribution in [2.75, 3.05) is 13.7 Å². The number of imidazole rings is 1. The Kier molecular flexibility index (Phi) is 7.80. The van der Waals surface area contributed by atoms with Crippen molar-refractivity contribution >= 4 is 11.7 Å². The minimum absolute atomic E-state index is 0.0233. The lowest BCUT2D eigenvalue weighted by Gasteiger charge is -2.37. The van der Waals surface area contributed by atoms with Crippen molar-refractivity contribution in [3.63, 3.8) is 0 Å².